The highest BCUT2D eigenvalue weighted by Crippen LogP contribution is 2.24. The predicted octanol–water partition coefficient (Wildman–Crippen LogP) is 2.22. The topological polar surface area (TPSA) is 66.0 Å². The van der Waals surface area contributed by atoms with E-state index < -0.39 is 0 Å². The van der Waals surface area contributed by atoms with Gasteiger partial charge in [-0.2, -0.15) is 0 Å². The van der Waals surface area contributed by atoms with Gasteiger partial charge in [-0.3, -0.25) is 0 Å². The molecule has 0 atom stereocenters. The van der Waals surface area contributed by atoms with E-state index in [-0.39, 0.29) is 5.60 Å². The van der Waals surface area contributed by atoms with Crippen LogP contribution in [0.25, 0.3) is 0 Å². The van der Waals surface area contributed by atoms with Crippen molar-refractivity contribution in [1.82, 2.24) is 14.8 Å². The number of hydrogen-bond acceptors (Lipinski definition) is 5. The highest BCUT2D eigenvalue weighted by molar-refractivity contribution is 7.99. The van der Waals surface area contributed by atoms with Crippen LogP contribution in [-0.2, 0) is 11.3 Å². The first-order chi connectivity index (χ1) is 8.41. The molecule has 1 rings (SSSR count). The van der Waals surface area contributed by atoms with Gasteiger partial charge in [0.15, 0.2) is 5.16 Å². The van der Waals surface area contributed by atoms with Crippen molar-refractivity contribution >= 4 is 11.8 Å². The minimum Gasteiger partial charge on any atom is -0.379 e. The van der Waals surface area contributed by atoms with Gasteiger partial charge in [-0.15, -0.1) is 10.2 Å². The van der Waals surface area contributed by atoms with Gasteiger partial charge in [0.05, 0.1) is 12.1 Å². The summed E-state index contributed by atoms with van der Waals surface area (Å²) in [5.41, 5.74) is 5.58. The summed E-state index contributed by atoms with van der Waals surface area (Å²) < 4.78 is 7.51. The molecule has 0 bridgehead atoms. The van der Waals surface area contributed by atoms with Crippen LogP contribution < -0.4 is 5.73 Å². The molecule has 1 heterocycles. The van der Waals surface area contributed by atoms with Gasteiger partial charge >= 0.3 is 0 Å². The second-order valence-corrected chi connectivity index (χ2v) is 6.19. The molecule has 0 fully saturated rings. The maximum absolute atomic E-state index is 5.67. The SMILES string of the molecule is COC(C)(C)CCSc1nnc(CN)n1C(C)C. The Morgan fingerprint density at radius 3 is 2.56 bits per heavy atom. The van der Waals surface area contributed by atoms with E-state index in [2.05, 4.69) is 42.5 Å². The first kappa shape index (κ1) is 15.5. The normalized spacial score (nSPS) is 12.4. The van der Waals surface area contributed by atoms with Crippen LogP contribution in [0.2, 0.25) is 0 Å². The Morgan fingerprint density at radius 2 is 2.06 bits per heavy atom. The summed E-state index contributed by atoms with van der Waals surface area (Å²) in [4.78, 5) is 0. The van der Waals surface area contributed by atoms with Gasteiger partial charge in [-0.1, -0.05) is 11.8 Å². The van der Waals surface area contributed by atoms with Gasteiger partial charge < -0.3 is 15.0 Å². The average Bonchev–Trinajstić information content (AvgIpc) is 2.72. The van der Waals surface area contributed by atoms with Gasteiger partial charge in [0.25, 0.3) is 0 Å². The van der Waals surface area contributed by atoms with Crippen LogP contribution in [0.4, 0.5) is 0 Å². The average molecular weight is 272 g/mol. The predicted molar refractivity (Wildman–Crippen MR) is 74.7 cm³/mol. The second kappa shape index (κ2) is 6.54. The number of nitrogens with zero attached hydrogens (tertiary/aromatic N) is 3. The number of thioether (sulfide) groups is 1. The molecule has 18 heavy (non-hydrogen) atoms. The number of rotatable bonds is 7. The lowest BCUT2D eigenvalue weighted by molar-refractivity contribution is 0.0206. The van der Waals surface area contributed by atoms with E-state index in [0.29, 0.717) is 12.6 Å². The second-order valence-electron chi connectivity index (χ2n) is 5.13. The fraction of sp³-hybridized carbons (Fsp3) is 0.833. The third kappa shape index (κ3) is 3.96. The summed E-state index contributed by atoms with van der Waals surface area (Å²) in [7, 11) is 1.74. The van der Waals surface area contributed by atoms with Crippen molar-refractivity contribution in [2.24, 2.45) is 5.73 Å². The molecule has 104 valence electrons. The van der Waals surface area contributed by atoms with Gasteiger partial charge in [0.2, 0.25) is 0 Å². The third-order valence-electron chi connectivity index (χ3n) is 2.92. The van der Waals surface area contributed by atoms with Crippen LogP contribution in [-0.4, -0.2) is 33.2 Å². The molecule has 1 aromatic rings. The van der Waals surface area contributed by atoms with E-state index in [1.54, 1.807) is 18.9 Å². The van der Waals surface area contributed by atoms with E-state index in [0.717, 1.165) is 23.2 Å². The Hall–Kier alpha value is -0.590. The van der Waals surface area contributed by atoms with Crippen LogP contribution in [0, 0.1) is 0 Å². The molecule has 0 amide bonds. The lowest BCUT2D eigenvalue weighted by Gasteiger charge is -2.22. The van der Waals surface area contributed by atoms with Crippen LogP contribution in [0.3, 0.4) is 0 Å². The molecule has 0 aliphatic heterocycles. The molecule has 0 aliphatic carbocycles. The summed E-state index contributed by atoms with van der Waals surface area (Å²) >= 11 is 1.71. The molecule has 5 nitrogen and oxygen atoms in total. The van der Waals surface area contributed by atoms with Gasteiger partial charge in [0, 0.05) is 18.9 Å². The molecule has 6 heteroatoms. The maximum atomic E-state index is 5.67. The standard InChI is InChI=1S/C12H24N4OS/c1-9(2)16-10(8-13)14-15-11(16)18-7-6-12(3,4)17-5/h9H,6-8,13H2,1-5H3. The molecule has 0 aliphatic rings. The van der Waals surface area contributed by atoms with Crippen LogP contribution in [0.5, 0.6) is 0 Å². The number of aromatic nitrogens is 3. The molecule has 0 spiro atoms. The molecule has 0 aromatic carbocycles. The van der Waals surface area contributed by atoms with Crippen LogP contribution >= 0.6 is 11.8 Å². The van der Waals surface area contributed by atoms with Crippen molar-refractivity contribution in [3.8, 4) is 0 Å². The van der Waals surface area contributed by atoms with E-state index in [4.69, 9.17) is 10.5 Å². The molecular formula is C12H24N4OS. The monoisotopic (exact) mass is 272 g/mol. The Balaban J connectivity index is 2.65. The van der Waals surface area contributed by atoms with Crippen molar-refractivity contribution < 1.29 is 4.74 Å². The Kier molecular flexibility index (Phi) is 5.62. The highest BCUT2D eigenvalue weighted by Gasteiger charge is 2.18. The molecule has 0 saturated carbocycles. The summed E-state index contributed by atoms with van der Waals surface area (Å²) in [6.07, 6.45) is 0.969. The van der Waals surface area contributed by atoms with Crippen molar-refractivity contribution in [1.29, 1.82) is 0 Å². The third-order valence-corrected chi connectivity index (χ3v) is 3.87. The molecule has 1 aromatic heterocycles. The number of hydrogen-bond donors (Lipinski definition) is 1. The number of ether oxygens (including phenoxy) is 1. The van der Waals surface area contributed by atoms with E-state index in [1.165, 1.54) is 0 Å². The van der Waals surface area contributed by atoms with E-state index in [9.17, 15) is 0 Å². The number of nitrogens with two attached hydrogens (primary N) is 1. The van der Waals surface area contributed by atoms with Crippen LogP contribution in [0.1, 0.15) is 46.0 Å². The van der Waals surface area contributed by atoms with Crippen molar-refractivity contribution in [2.45, 2.75) is 57.5 Å². The zero-order valence-electron chi connectivity index (χ0n) is 11.9. The Bertz CT molecular complexity index is 376. The lowest BCUT2D eigenvalue weighted by atomic mass is 10.1. The fourth-order valence-corrected chi connectivity index (χ4v) is 2.88. The minimum absolute atomic E-state index is 0.0909. The minimum atomic E-state index is -0.0909. The maximum Gasteiger partial charge on any atom is 0.191 e. The van der Waals surface area contributed by atoms with Gasteiger partial charge in [-0.05, 0) is 34.1 Å². The van der Waals surface area contributed by atoms with Gasteiger partial charge in [-0.25, -0.2) is 0 Å². The Morgan fingerprint density at radius 1 is 1.39 bits per heavy atom. The molecular weight excluding hydrogens is 248 g/mol. The summed E-state index contributed by atoms with van der Waals surface area (Å²) in [5, 5.41) is 9.28. The lowest BCUT2D eigenvalue weighted by Crippen LogP contribution is -2.23. The Labute approximate surface area is 113 Å². The zero-order valence-corrected chi connectivity index (χ0v) is 12.8. The summed E-state index contributed by atoms with van der Waals surface area (Å²) in [6.45, 7) is 8.84. The van der Waals surface area contributed by atoms with Crippen molar-refractivity contribution in [2.75, 3.05) is 12.9 Å². The smallest absolute Gasteiger partial charge is 0.191 e. The molecule has 0 unspecified atom stereocenters. The summed E-state index contributed by atoms with van der Waals surface area (Å²) in [5.74, 6) is 1.80. The molecule has 0 saturated heterocycles. The summed E-state index contributed by atoms with van der Waals surface area (Å²) in [6, 6.07) is 0.330. The molecule has 0 radical (unpaired) electrons. The molecule has 2 N–H and O–H groups in total. The van der Waals surface area contributed by atoms with Crippen molar-refractivity contribution in [3.05, 3.63) is 5.82 Å². The largest absolute Gasteiger partial charge is 0.379 e. The first-order valence-corrected chi connectivity index (χ1v) is 7.21. The quantitative estimate of drug-likeness (QED) is 0.771. The van der Waals surface area contributed by atoms with E-state index >= 15 is 0 Å². The van der Waals surface area contributed by atoms with E-state index in [1.807, 2.05) is 0 Å². The van der Waals surface area contributed by atoms with Crippen LogP contribution in [0.15, 0.2) is 5.16 Å². The first-order valence-electron chi connectivity index (χ1n) is 6.23. The van der Waals surface area contributed by atoms with Gasteiger partial charge in [0.1, 0.15) is 5.82 Å². The highest BCUT2D eigenvalue weighted by atomic mass is 32.2. The zero-order chi connectivity index (χ0) is 13.8. The van der Waals surface area contributed by atoms with Crippen molar-refractivity contribution in [3.63, 3.8) is 0 Å². The number of methoxy groups -OCH3 is 1. The fourth-order valence-electron chi connectivity index (χ4n) is 1.55.